The van der Waals surface area contributed by atoms with E-state index in [4.69, 9.17) is 10.5 Å². The average Bonchev–Trinajstić information content (AvgIpc) is 2.74. The largest absolute Gasteiger partial charge is 0.496 e. The lowest BCUT2D eigenvalue weighted by atomic mass is 10.0. The number of benzene rings is 1. The van der Waals surface area contributed by atoms with Crippen molar-refractivity contribution in [3.63, 3.8) is 0 Å². The van der Waals surface area contributed by atoms with Gasteiger partial charge in [0, 0.05) is 30.4 Å². The first-order valence-corrected chi connectivity index (χ1v) is 6.31. The maximum Gasteiger partial charge on any atom is 0.125 e. The van der Waals surface area contributed by atoms with Crippen molar-refractivity contribution in [2.24, 2.45) is 11.7 Å². The molecule has 2 atom stereocenters. The van der Waals surface area contributed by atoms with Crippen LogP contribution in [0.5, 0.6) is 5.75 Å². The van der Waals surface area contributed by atoms with Crippen molar-refractivity contribution in [3.05, 3.63) is 23.8 Å². The minimum Gasteiger partial charge on any atom is -0.496 e. The van der Waals surface area contributed by atoms with E-state index in [-0.39, 0.29) is 6.04 Å². The molecule has 3 nitrogen and oxygen atoms in total. The molecule has 0 aliphatic carbocycles. The lowest BCUT2D eigenvalue weighted by molar-refractivity contribution is 0.407. The van der Waals surface area contributed by atoms with Gasteiger partial charge in [-0.25, -0.2) is 0 Å². The maximum absolute atomic E-state index is 6.09. The summed E-state index contributed by atoms with van der Waals surface area (Å²) in [4.78, 5) is 2.42. The van der Waals surface area contributed by atoms with Crippen LogP contribution in [-0.2, 0) is 0 Å². The highest BCUT2D eigenvalue weighted by Gasteiger charge is 2.23. The summed E-state index contributed by atoms with van der Waals surface area (Å²) in [5.41, 5.74) is 8.45. The van der Waals surface area contributed by atoms with Crippen LogP contribution < -0.4 is 15.4 Å². The highest BCUT2D eigenvalue weighted by molar-refractivity contribution is 5.61. The lowest BCUT2D eigenvalue weighted by Crippen LogP contribution is -2.22. The Morgan fingerprint density at radius 2 is 2.24 bits per heavy atom. The van der Waals surface area contributed by atoms with Gasteiger partial charge in [-0.2, -0.15) is 0 Å². The average molecular weight is 234 g/mol. The van der Waals surface area contributed by atoms with Gasteiger partial charge in [-0.15, -0.1) is 0 Å². The topological polar surface area (TPSA) is 38.5 Å². The Balaban J connectivity index is 2.39. The summed E-state index contributed by atoms with van der Waals surface area (Å²) in [6.45, 7) is 6.55. The first-order valence-electron chi connectivity index (χ1n) is 6.31. The van der Waals surface area contributed by atoms with E-state index < -0.39 is 0 Å². The third kappa shape index (κ3) is 2.39. The van der Waals surface area contributed by atoms with E-state index in [0.717, 1.165) is 30.3 Å². The van der Waals surface area contributed by atoms with Gasteiger partial charge in [0.25, 0.3) is 0 Å². The van der Waals surface area contributed by atoms with Crippen LogP contribution in [0.3, 0.4) is 0 Å². The summed E-state index contributed by atoms with van der Waals surface area (Å²) in [6.07, 6.45) is 1.26. The zero-order valence-electron chi connectivity index (χ0n) is 10.9. The minimum atomic E-state index is -0.00273. The van der Waals surface area contributed by atoms with Gasteiger partial charge in [-0.3, -0.25) is 0 Å². The number of hydrogen-bond acceptors (Lipinski definition) is 3. The summed E-state index contributed by atoms with van der Waals surface area (Å²) < 4.78 is 5.43. The van der Waals surface area contributed by atoms with Gasteiger partial charge in [0.1, 0.15) is 5.75 Å². The van der Waals surface area contributed by atoms with Gasteiger partial charge in [0.15, 0.2) is 0 Å². The third-order valence-electron chi connectivity index (χ3n) is 3.48. The molecular weight excluding hydrogens is 212 g/mol. The summed E-state index contributed by atoms with van der Waals surface area (Å²) in [5, 5.41) is 0. The molecule has 1 aliphatic rings. The molecule has 1 aliphatic heterocycles. The van der Waals surface area contributed by atoms with E-state index in [9.17, 15) is 0 Å². The first kappa shape index (κ1) is 12.2. The molecule has 1 fully saturated rings. The van der Waals surface area contributed by atoms with Crippen molar-refractivity contribution >= 4 is 5.69 Å². The molecule has 2 rings (SSSR count). The second-order valence-corrected chi connectivity index (χ2v) is 5.02. The van der Waals surface area contributed by atoms with Crippen LogP contribution in [0.1, 0.15) is 31.9 Å². The molecule has 0 spiro atoms. The number of anilines is 1. The number of nitrogens with two attached hydrogens (primary N) is 1. The van der Waals surface area contributed by atoms with E-state index in [1.807, 2.05) is 19.1 Å². The molecule has 0 radical (unpaired) electrons. The Morgan fingerprint density at radius 1 is 1.47 bits per heavy atom. The van der Waals surface area contributed by atoms with E-state index >= 15 is 0 Å². The Hall–Kier alpha value is -1.22. The van der Waals surface area contributed by atoms with Crippen LogP contribution in [0, 0.1) is 5.92 Å². The number of ether oxygens (including phenoxy) is 1. The van der Waals surface area contributed by atoms with Crippen LogP contribution in [0.15, 0.2) is 18.2 Å². The van der Waals surface area contributed by atoms with Crippen molar-refractivity contribution in [2.45, 2.75) is 26.3 Å². The summed E-state index contributed by atoms with van der Waals surface area (Å²) in [6, 6.07) is 6.18. The van der Waals surface area contributed by atoms with Gasteiger partial charge in [-0.05, 0) is 31.4 Å². The summed E-state index contributed by atoms with van der Waals surface area (Å²) in [5.74, 6) is 1.67. The Bertz CT molecular complexity index is 390. The van der Waals surface area contributed by atoms with E-state index in [0.29, 0.717) is 0 Å². The standard InChI is InChI=1S/C14H22N2O/c1-10-7-8-16(9-10)12-5-4-6-13(17-3)14(12)11(2)15/h4-6,10-11H,7-9,15H2,1-3H3. The van der Waals surface area contributed by atoms with Crippen LogP contribution in [0.25, 0.3) is 0 Å². The Labute approximate surface area is 104 Å². The molecule has 0 amide bonds. The Morgan fingerprint density at radius 3 is 2.76 bits per heavy atom. The monoisotopic (exact) mass is 234 g/mol. The zero-order chi connectivity index (χ0) is 12.4. The van der Waals surface area contributed by atoms with Crippen molar-refractivity contribution in [1.29, 1.82) is 0 Å². The van der Waals surface area contributed by atoms with Crippen LogP contribution >= 0.6 is 0 Å². The van der Waals surface area contributed by atoms with Crippen LogP contribution in [0.4, 0.5) is 5.69 Å². The number of methoxy groups -OCH3 is 1. The lowest BCUT2D eigenvalue weighted by Gasteiger charge is -2.25. The molecule has 17 heavy (non-hydrogen) atoms. The molecule has 1 saturated heterocycles. The molecule has 2 N–H and O–H groups in total. The van der Waals surface area contributed by atoms with Gasteiger partial charge in [0.05, 0.1) is 7.11 Å². The first-order chi connectivity index (χ1) is 8.13. The van der Waals surface area contributed by atoms with Crippen molar-refractivity contribution in [2.75, 3.05) is 25.1 Å². The molecule has 0 aromatic heterocycles. The second kappa shape index (κ2) is 4.96. The predicted molar refractivity (Wildman–Crippen MR) is 71.6 cm³/mol. The van der Waals surface area contributed by atoms with E-state index in [1.165, 1.54) is 12.1 Å². The molecule has 3 heteroatoms. The SMILES string of the molecule is COc1cccc(N2CCC(C)C2)c1C(C)N. The van der Waals surface area contributed by atoms with Crippen molar-refractivity contribution in [3.8, 4) is 5.75 Å². The molecule has 94 valence electrons. The summed E-state index contributed by atoms with van der Waals surface area (Å²) >= 11 is 0. The Kier molecular flexibility index (Phi) is 3.57. The second-order valence-electron chi connectivity index (χ2n) is 5.02. The van der Waals surface area contributed by atoms with Gasteiger partial charge >= 0.3 is 0 Å². The molecule has 1 aromatic carbocycles. The fourth-order valence-corrected chi connectivity index (χ4v) is 2.60. The van der Waals surface area contributed by atoms with Crippen LogP contribution in [0.2, 0.25) is 0 Å². The molecule has 1 aromatic rings. The minimum absolute atomic E-state index is 0.00273. The van der Waals surface area contributed by atoms with Crippen LogP contribution in [-0.4, -0.2) is 20.2 Å². The maximum atomic E-state index is 6.09. The molecular formula is C14H22N2O. The third-order valence-corrected chi connectivity index (χ3v) is 3.48. The van der Waals surface area contributed by atoms with Gasteiger partial charge < -0.3 is 15.4 Å². The van der Waals surface area contributed by atoms with Crippen molar-refractivity contribution in [1.82, 2.24) is 0 Å². The molecule has 2 unspecified atom stereocenters. The van der Waals surface area contributed by atoms with E-state index in [2.05, 4.69) is 17.9 Å². The predicted octanol–water partition coefficient (Wildman–Crippen LogP) is 2.56. The molecule has 0 saturated carbocycles. The van der Waals surface area contributed by atoms with E-state index in [1.54, 1.807) is 7.11 Å². The molecule has 0 bridgehead atoms. The summed E-state index contributed by atoms with van der Waals surface area (Å²) in [7, 11) is 1.71. The zero-order valence-corrected chi connectivity index (χ0v) is 10.9. The number of hydrogen-bond donors (Lipinski definition) is 1. The quantitative estimate of drug-likeness (QED) is 0.873. The van der Waals surface area contributed by atoms with Gasteiger partial charge in [0.2, 0.25) is 0 Å². The fourth-order valence-electron chi connectivity index (χ4n) is 2.60. The number of rotatable bonds is 3. The normalized spacial score (nSPS) is 21.6. The fraction of sp³-hybridized carbons (Fsp3) is 0.571. The highest BCUT2D eigenvalue weighted by Crippen LogP contribution is 2.35. The smallest absolute Gasteiger partial charge is 0.125 e. The highest BCUT2D eigenvalue weighted by atomic mass is 16.5. The number of nitrogens with zero attached hydrogens (tertiary/aromatic N) is 1. The molecule has 1 heterocycles. The van der Waals surface area contributed by atoms with Crippen molar-refractivity contribution < 1.29 is 4.74 Å². The van der Waals surface area contributed by atoms with Gasteiger partial charge in [-0.1, -0.05) is 13.0 Å².